The summed E-state index contributed by atoms with van der Waals surface area (Å²) in [5.41, 5.74) is 13.3. The van der Waals surface area contributed by atoms with Crippen LogP contribution in [-0.4, -0.2) is 77.1 Å². The Morgan fingerprint density at radius 2 is 0.598 bits per heavy atom. The Balaban J connectivity index is 0.000000325. The van der Waals surface area contributed by atoms with Crippen molar-refractivity contribution in [3.8, 4) is 11.1 Å². The molecule has 3 amide bonds. The number of fused-ring (bicyclic) bond motifs is 3. The molecule has 4 aromatic rings. The standard InChI is InChI=1S/C32H36N2O5.C17H26N2O3.S26.S25/c1-3-32(4-2)20-38-30(39-21-32)23-15-13-22(14-16-23)29(35)33-17-18-34-31(36)37-19-28-26-11-7-5-9-24(26)25-10-6-8-12-27(25)28;1-3-17(4-2)11-21-16(22-12-17)14-7-5-13(6-8-14)15(20)19-10-9-18;1-3-5-7-9-11-13-15-17-19-21-23-25-26-24-22-20-18-16-14-12-10-8-6-4-2;1-3-5-7-9-11-13-15-17-19-21-23-25-24-22-20-18-16-14-12-10-8-6-4-2/h5-16,28,30H,3-4,17-21H2,1-2H3,(H,33,35)(H,34,36);5-8,16H,3-4,9-12,18H2,1-2H3,(H,19,20);;. The van der Waals surface area contributed by atoms with Crippen molar-refractivity contribution in [2.75, 3.05) is 59.2 Å². The molecule has 2 aliphatic heterocycles. The maximum atomic E-state index is 12.6. The Labute approximate surface area is 806 Å². The van der Waals surface area contributed by atoms with Gasteiger partial charge in [-0.05, 0) is 72.2 Å². The lowest BCUT2D eigenvalue weighted by molar-refractivity contribution is -0.235. The van der Waals surface area contributed by atoms with Crippen molar-refractivity contribution in [3.63, 3.8) is 0 Å². The zero-order valence-electron chi connectivity index (χ0n) is 56.8. The minimum Gasteiger partial charge on any atom is -0.449 e. The first-order chi connectivity index (χ1) is 55.0. The van der Waals surface area contributed by atoms with E-state index in [9.17, 15) is 14.4 Å². The fraction of sp³-hybridized carbons (Fsp3) is 0.449. The lowest BCUT2D eigenvalue weighted by Gasteiger charge is -2.39. The Kier molecular flexibility index (Phi) is 75.0. The molecule has 0 radical (unpaired) electrons. The number of hydrogen-bond donors (Lipinski definition) is 4. The smallest absolute Gasteiger partial charge is 0.407 e. The van der Waals surface area contributed by atoms with Gasteiger partial charge in [0, 0.05) is 527 Å². The fourth-order valence-corrected chi connectivity index (χ4v) is 126. The van der Waals surface area contributed by atoms with E-state index < -0.39 is 12.4 Å². The van der Waals surface area contributed by atoms with E-state index in [0.29, 0.717) is 50.6 Å². The van der Waals surface area contributed by atoms with E-state index in [2.05, 4.69) is 67.9 Å². The van der Waals surface area contributed by atoms with Crippen molar-refractivity contribution in [3.05, 3.63) is 130 Å². The third kappa shape index (κ3) is 51.3. The van der Waals surface area contributed by atoms with Crippen LogP contribution in [-0.2, 0) is 486 Å². The van der Waals surface area contributed by atoms with E-state index in [-0.39, 0.29) is 54.5 Å². The Morgan fingerprint density at radius 3 is 0.848 bits per heavy atom. The van der Waals surface area contributed by atoms with E-state index in [0.717, 1.165) is 36.8 Å². The average molecular weight is 2470 g/mol. The summed E-state index contributed by atoms with van der Waals surface area (Å²) >= 11 is 19.1. The predicted molar refractivity (Wildman–Crippen MR) is 611 cm³/mol. The van der Waals surface area contributed by atoms with Gasteiger partial charge in [-0.15, -0.1) is 0 Å². The van der Waals surface area contributed by atoms with Crippen molar-refractivity contribution in [1.82, 2.24) is 16.0 Å². The predicted octanol–water partition coefficient (Wildman–Crippen LogP) is 7.91. The summed E-state index contributed by atoms with van der Waals surface area (Å²) in [6.45, 7) is 13.2. The first-order valence-electron chi connectivity index (χ1n) is 29.9. The van der Waals surface area contributed by atoms with Gasteiger partial charge in [-0.25, -0.2) is 4.79 Å². The van der Waals surface area contributed by atoms with Crippen LogP contribution in [0.4, 0.5) is 4.79 Å². The largest absolute Gasteiger partial charge is 0.449 e. The minimum atomic E-state index is -0.502. The quantitative estimate of drug-likeness (QED) is 0.0852. The molecule has 3 aliphatic rings. The molecule has 0 atom stereocenters. The molecule has 112 heavy (non-hydrogen) atoms. The molecule has 2 heterocycles. The molecule has 5 N–H and O–H groups in total. The van der Waals surface area contributed by atoms with Gasteiger partial charge in [0.1, 0.15) is 6.61 Å². The van der Waals surface area contributed by atoms with Crippen molar-refractivity contribution in [2.45, 2.75) is 71.9 Å². The van der Waals surface area contributed by atoms with Gasteiger partial charge >= 0.3 is 6.09 Å². The molecule has 0 aromatic heterocycles. The molecule has 1 aliphatic carbocycles. The van der Waals surface area contributed by atoms with Gasteiger partial charge in [0.15, 0.2) is 12.6 Å². The third-order valence-electron chi connectivity index (χ3n) is 13.8. The number of alkyl carbamates (subject to hydrolysis) is 1. The van der Waals surface area contributed by atoms with Gasteiger partial charge in [-0.2, -0.15) is 0 Å². The number of ether oxygens (including phenoxy) is 5. The van der Waals surface area contributed by atoms with Crippen LogP contribution in [0.1, 0.15) is 115 Å². The molecule has 0 spiro atoms. The second-order valence-electron chi connectivity index (χ2n) is 19.3. The van der Waals surface area contributed by atoms with E-state index in [1.165, 1.54) is 57.8 Å². The number of rotatable bonds is 15. The van der Waals surface area contributed by atoms with Gasteiger partial charge in [0.25, 0.3) is 11.8 Å². The molecule has 2 fully saturated rings. The summed E-state index contributed by atoms with van der Waals surface area (Å²) in [5.74, 6) is -0.313. The van der Waals surface area contributed by atoms with Gasteiger partial charge in [-0.3, -0.25) is 9.59 Å². The van der Waals surface area contributed by atoms with Crippen molar-refractivity contribution < 1.29 is 38.1 Å². The van der Waals surface area contributed by atoms with E-state index in [1.807, 2.05) is 182 Å². The van der Waals surface area contributed by atoms with Crippen LogP contribution < -0.4 is 21.7 Å². The van der Waals surface area contributed by atoms with Gasteiger partial charge in [0.2, 0.25) is 0 Å². The second kappa shape index (κ2) is 76.0. The molecule has 0 bridgehead atoms. The topological polar surface area (TPSA) is 159 Å². The van der Waals surface area contributed by atoms with Crippen LogP contribution in [0.3, 0.4) is 0 Å². The van der Waals surface area contributed by atoms with E-state index in [1.54, 1.807) is 273 Å². The Hall–Kier alpha value is 6.11. The second-order valence-corrected chi connectivity index (χ2v) is 102. The van der Waals surface area contributed by atoms with Crippen LogP contribution in [0.2, 0.25) is 0 Å². The molecule has 12 nitrogen and oxygen atoms in total. The van der Waals surface area contributed by atoms with Crippen LogP contribution in [0, 0.1) is 10.8 Å². The number of nitrogens with one attached hydrogen (secondary N) is 3. The van der Waals surface area contributed by atoms with Crippen molar-refractivity contribution >= 4 is 480 Å². The van der Waals surface area contributed by atoms with Gasteiger partial charge in [-0.1, -0.05) is 100 Å². The first-order valence-corrected chi connectivity index (χ1v) is 95.2. The normalized spacial score (nSPS) is 12.7. The summed E-state index contributed by atoms with van der Waals surface area (Å²) < 4.78 is 29.3. The Morgan fingerprint density at radius 1 is 0.357 bits per heavy atom. The highest BCUT2D eigenvalue weighted by Gasteiger charge is 2.36. The zero-order valence-corrected chi connectivity index (χ0v) is 98.5. The maximum absolute atomic E-state index is 12.6. The van der Waals surface area contributed by atoms with Gasteiger partial charge < -0.3 is 45.4 Å². The number of carbonyl (C=O) groups excluding carboxylic acids is 3. The number of carbonyl (C=O) groups is 3. The number of amides is 3. The molecule has 0 saturated carbocycles. The number of benzene rings is 4. The van der Waals surface area contributed by atoms with Crippen LogP contribution in [0.15, 0.2) is 97.1 Å². The van der Waals surface area contributed by atoms with Crippen molar-refractivity contribution in [1.29, 1.82) is 0 Å². The summed E-state index contributed by atoms with van der Waals surface area (Å²) in [6, 6.07) is 31.0. The highest BCUT2D eigenvalue weighted by molar-refractivity contribution is 8.81. The monoisotopic (exact) mass is 2470 g/mol. The zero-order chi connectivity index (χ0) is 80.5. The molecule has 632 valence electrons. The molecule has 0 unspecified atom stereocenters. The molecular formula is C49H62N4O8S51. The third-order valence-corrected chi connectivity index (χ3v) is 114. The molecule has 2 saturated heterocycles. The average Bonchev–Trinajstić information content (AvgIpc) is 1.61. The minimum absolute atomic E-state index is 0.0102. The number of hydrogen-bond acceptors (Lipinski definition) is 13. The summed E-state index contributed by atoms with van der Waals surface area (Å²) in [6.07, 6.45) is 2.89. The molecule has 7 rings (SSSR count). The van der Waals surface area contributed by atoms with Crippen LogP contribution in [0.5, 0.6) is 0 Å². The lowest BCUT2D eigenvalue weighted by Crippen LogP contribution is -2.37. The first kappa shape index (κ1) is 110. The lowest BCUT2D eigenvalue weighted by atomic mass is 9.83. The van der Waals surface area contributed by atoms with E-state index in [4.69, 9.17) is 74.2 Å². The summed E-state index contributed by atoms with van der Waals surface area (Å²) in [4.78, 5) is 36.7. The highest BCUT2D eigenvalue weighted by atomic mass is 33.5. The molecule has 63 heteroatoms. The summed E-state index contributed by atoms with van der Waals surface area (Å²) in [7, 11) is 81.7. The van der Waals surface area contributed by atoms with Crippen LogP contribution >= 0.6 is 0 Å². The molecule has 4 aromatic carbocycles. The van der Waals surface area contributed by atoms with Crippen LogP contribution in [0.25, 0.3) is 11.1 Å². The van der Waals surface area contributed by atoms with Gasteiger partial charge in [0.05, 0.1) is 26.4 Å². The maximum Gasteiger partial charge on any atom is 0.407 e. The number of nitrogens with two attached hydrogens (primary N) is 1. The molecular weight excluding hydrogens is 2410 g/mol. The van der Waals surface area contributed by atoms with Crippen molar-refractivity contribution in [2.24, 2.45) is 16.6 Å². The summed E-state index contributed by atoms with van der Waals surface area (Å²) in [5, 5.41) is 8.30. The SMILES string of the molecule is CCC1(CC)COC(c2ccc(C(=O)NCCN)cc2)OC1.CCC1(CC)COC(c2ccc(C(=O)NCCNC(=O)OCC3c4ccccc4-c4ccccc43)cc2)OC1.S=S=S=S=S=S=S=S=S=S=S=S=S=S=S=S=S=S=S=S=S=S=S=S=S.S=S=S=S=S=S=S=S=S=S=S=S=S=S=S=S=S=S=S=S=S=S=S=S=S=S. The Bertz CT molecular complexity index is 5960. The van der Waals surface area contributed by atoms with E-state index >= 15 is 0 Å². The fourth-order valence-electron chi connectivity index (χ4n) is 8.34. The highest BCUT2D eigenvalue weighted by Crippen LogP contribution is 2.45.